The van der Waals surface area contributed by atoms with Gasteiger partial charge in [-0.1, -0.05) is 66.2 Å². The van der Waals surface area contributed by atoms with Crippen LogP contribution in [0.2, 0.25) is 0 Å². The summed E-state index contributed by atoms with van der Waals surface area (Å²) in [6, 6.07) is 27.1. The predicted octanol–water partition coefficient (Wildman–Crippen LogP) is 5.62. The van der Waals surface area contributed by atoms with E-state index in [1.807, 2.05) is 18.2 Å². The molecule has 1 N–H and O–H groups in total. The molecule has 0 spiro atoms. The highest BCUT2D eigenvalue weighted by atomic mass is 16.4. The van der Waals surface area contributed by atoms with Gasteiger partial charge in [0.05, 0.1) is 17.8 Å². The number of fused-ring (bicyclic) bond motifs is 1. The van der Waals surface area contributed by atoms with Crippen molar-refractivity contribution in [2.24, 2.45) is 0 Å². The molecule has 0 aliphatic rings. The number of aryl methyl sites for hydroxylation is 2. The molecular formula is C24H21NO2. The number of aromatic nitrogens is 1. The largest absolute Gasteiger partial charge is 0.481 e. The van der Waals surface area contributed by atoms with E-state index in [9.17, 15) is 4.79 Å². The number of rotatable bonds is 5. The van der Waals surface area contributed by atoms with Crippen LogP contribution in [0.5, 0.6) is 0 Å². The molecule has 134 valence electrons. The molecule has 1 aromatic heterocycles. The van der Waals surface area contributed by atoms with Crippen molar-refractivity contribution in [1.29, 1.82) is 0 Å². The molecule has 3 aromatic carbocycles. The third kappa shape index (κ3) is 3.36. The first-order valence-electron chi connectivity index (χ1n) is 9.11. The van der Waals surface area contributed by atoms with Crippen LogP contribution in [0.3, 0.4) is 0 Å². The van der Waals surface area contributed by atoms with E-state index in [0.29, 0.717) is 6.42 Å². The van der Waals surface area contributed by atoms with Gasteiger partial charge in [0.25, 0.3) is 0 Å². The van der Waals surface area contributed by atoms with Gasteiger partial charge in [-0.2, -0.15) is 0 Å². The third-order valence-electron chi connectivity index (χ3n) is 4.91. The number of nitrogens with zero attached hydrogens (tertiary/aromatic N) is 1. The van der Waals surface area contributed by atoms with Crippen molar-refractivity contribution >= 4 is 16.7 Å². The van der Waals surface area contributed by atoms with Crippen molar-refractivity contribution in [1.82, 2.24) is 4.57 Å². The summed E-state index contributed by atoms with van der Waals surface area (Å²) in [7, 11) is 0. The Labute approximate surface area is 158 Å². The number of aliphatic carboxylic acids is 1. The van der Waals surface area contributed by atoms with Crippen molar-refractivity contribution in [2.45, 2.75) is 19.8 Å². The zero-order chi connectivity index (χ0) is 18.8. The maximum Gasteiger partial charge on any atom is 0.303 e. The second-order valence-electron chi connectivity index (χ2n) is 6.80. The summed E-state index contributed by atoms with van der Waals surface area (Å²) >= 11 is 0. The van der Waals surface area contributed by atoms with Crippen molar-refractivity contribution < 1.29 is 9.90 Å². The number of carbonyl (C=O) groups is 1. The first kappa shape index (κ1) is 17.1. The summed E-state index contributed by atoms with van der Waals surface area (Å²) in [6.07, 6.45) is 0.604. The molecule has 4 rings (SSSR count). The van der Waals surface area contributed by atoms with Crippen LogP contribution in [0.4, 0.5) is 0 Å². The first-order chi connectivity index (χ1) is 13.1. The summed E-state index contributed by atoms with van der Waals surface area (Å²) in [5.41, 5.74) is 5.49. The van der Waals surface area contributed by atoms with Crippen molar-refractivity contribution in [3.63, 3.8) is 0 Å². The van der Waals surface area contributed by atoms with Crippen LogP contribution >= 0.6 is 0 Å². The number of benzene rings is 3. The zero-order valence-corrected chi connectivity index (χ0v) is 15.2. The van der Waals surface area contributed by atoms with E-state index in [1.165, 1.54) is 10.9 Å². The molecule has 0 fully saturated rings. The fourth-order valence-corrected chi connectivity index (χ4v) is 3.55. The smallest absolute Gasteiger partial charge is 0.303 e. The van der Waals surface area contributed by atoms with Gasteiger partial charge in [-0.3, -0.25) is 4.79 Å². The number of carboxylic acids is 1. The van der Waals surface area contributed by atoms with Crippen LogP contribution in [0.25, 0.3) is 27.7 Å². The summed E-state index contributed by atoms with van der Waals surface area (Å²) < 4.78 is 2.20. The molecule has 3 nitrogen and oxygen atoms in total. The van der Waals surface area contributed by atoms with Crippen molar-refractivity contribution in [3.8, 4) is 16.9 Å². The van der Waals surface area contributed by atoms with Gasteiger partial charge in [0, 0.05) is 11.1 Å². The van der Waals surface area contributed by atoms with Gasteiger partial charge < -0.3 is 9.67 Å². The van der Waals surface area contributed by atoms with Gasteiger partial charge in [0.2, 0.25) is 0 Å². The second-order valence-corrected chi connectivity index (χ2v) is 6.80. The van der Waals surface area contributed by atoms with Gasteiger partial charge in [-0.25, -0.2) is 0 Å². The summed E-state index contributed by atoms with van der Waals surface area (Å²) in [5.74, 6) is -0.780. The fourth-order valence-electron chi connectivity index (χ4n) is 3.55. The highest BCUT2D eigenvalue weighted by Crippen LogP contribution is 2.31. The van der Waals surface area contributed by atoms with E-state index in [-0.39, 0.29) is 6.42 Å². The van der Waals surface area contributed by atoms with Gasteiger partial charge in [0.15, 0.2) is 0 Å². The monoisotopic (exact) mass is 355 g/mol. The number of hydrogen-bond donors (Lipinski definition) is 1. The molecule has 0 bridgehead atoms. The molecule has 4 aromatic rings. The molecule has 0 amide bonds. The lowest BCUT2D eigenvalue weighted by Crippen LogP contribution is -2.06. The maximum atomic E-state index is 11.1. The van der Waals surface area contributed by atoms with Crippen molar-refractivity contribution in [2.75, 3.05) is 0 Å². The van der Waals surface area contributed by atoms with E-state index in [1.54, 1.807) is 0 Å². The lowest BCUT2D eigenvalue weighted by Gasteiger charge is -2.16. The average Bonchev–Trinajstić information content (AvgIpc) is 3.10. The van der Waals surface area contributed by atoms with Crippen molar-refractivity contribution in [3.05, 3.63) is 90.1 Å². The Kier molecular flexibility index (Phi) is 4.51. The highest BCUT2D eigenvalue weighted by Gasteiger charge is 2.15. The van der Waals surface area contributed by atoms with Crippen LogP contribution in [0.15, 0.2) is 78.9 Å². The molecule has 0 saturated carbocycles. The minimum absolute atomic E-state index is 0.113. The first-order valence-corrected chi connectivity index (χ1v) is 9.11. The molecule has 0 atom stereocenters. The van der Waals surface area contributed by atoms with Crippen LogP contribution in [-0.2, 0) is 11.2 Å². The predicted molar refractivity (Wildman–Crippen MR) is 109 cm³/mol. The Hall–Kier alpha value is -3.33. The Morgan fingerprint density at radius 2 is 1.63 bits per heavy atom. The molecule has 3 heteroatoms. The highest BCUT2D eigenvalue weighted by molar-refractivity contribution is 5.91. The topological polar surface area (TPSA) is 42.2 Å². The molecular weight excluding hydrogens is 334 g/mol. The normalized spacial score (nSPS) is 11.0. The Bertz CT molecular complexity index is 1100. The summed E-state index contributed by atoms with van der Waals surface area (Å²) in [6.45, 7) is 2.08. The molecule has 0 saturated heterocycles. The minimum atomic E-state index is -0.780. The SMILES string of the molecule is Cc1ccc(-c2ccc(CCC(=O)O)n2-c2cccc3ccccc23)cc1. The quantitative estimate of drug-likeness (QED) is 0.504. The third-order valence-corrected chi connectivity index (χ3v) is 4.91. The van der Waals surface area contributed by atoms with E-state index in [4.69, 9.17) is 5.11 Å². The van der Waals surface area contributed by atoms with Crippen LogP contribution in [0, 0.1) is 6.92 Å². The van der Waals surface area contributed by atoms with E-state index in [0.717, 1.165) is 28.0 Å². The van der Waals surface area contributed by atoms with Crippen LogP contribution in [-0.4, -0.2) is 15.6 Å². The summed E-state index contributed by atoms with van der Waals surface area (Å²) in [4.78, 5) is 11.1. The van der Waals surface area contributed by atoms with Gasteiger partial charge in [-0.05, 0) is 42.5 Å². The Morgan fingerprint density at radius 1 is 0.889 bits per heavy atom. The minimum Gasteiger partial charge on any atom is -0.481 e. The van der Waals surface area contributed by atoms with Gasteiger partial charge in [-0.15, -0.1) is 0 Å². The molecule has 0 unspecified atom stereocenters. The van der Waals surface area contributed by atoms with Gasteiger partial charge in [0.1, 0.15) is 0 Å². The molecule has 27 heavy (non-hydrogen) atoms. The summed E-state index contributed by atoms with van der Waals surface area (Å²) in [5, 5.41) is 11.5. The molecule has 1 heterocycles. The van der Waals surface area contributed by atoms with Crippen LogP contribution in [0.1, 0.15) is 17.7 Å². The van der Waals surface area contributed by atoms with E-state index >= 15 is 0 Å². The Balaban J connectivity index is 1.94. The van der Waals surface area contributed by atoms with Crippen LogP contribution < -0.4 is 0 Å². The lowest BCUT2D eigenvalue weighted by molar-refractivity contribution is -0.136. The molecule has 0 aliphatic heterocycles. The second kappa shape index (κ2) is 7.12. The number of carboxylic acid groups (broad SMARTS) is 1. The van der Waals surface area contributed by atoms with Gasteiger partial charge >= 0.3 is 5.97 Å². The van der Waals surface area contributed by atoms with E-state index < -0.39 is 5.97 Å². The molecule has 0 aliphatic carbocycles. The number of hydrogen-bond acceptors (Lipinski definition) is 1. The molecule has 0 radical (unpaired) electrons. The Morgan fingerprint density at radius 3 is 2.41 bits per heavy atom. The lowest BCUT2D eigenvalue weighted by atomic mass is 10.1. The maximum absolute atomic E-state index is 11.1. The standard InChI is InChI=1S/C24H21NO2/c1-17-9-11-19(12-10-17)22-15-13-20(14-16-24(26)27)25(22)23-8-4-6-18-5-2-3-7-21(18)23/h2-13,15H,14,16H2,1H3,(H,26,27). The van der Waals surface area contributed by atoms with E-state index in [2.05, 4.69) is 72.2 Å². The zero-order valence-electron chi connectivity index (χ0n) is 15.2. The fraction of sp³-hybridized carbons (Fsp3) is 0.125. The average molecular weight is 355 g/mol.